The van der Waals surface area contributed by atoms with Gasteiger partial charge in [-0.15, -0.1) is 0 Å². The van der Waals surface area contributed by atoms with Crippen molar-refractivity contribution in [1.29, 1.82) is 0 Å². The molecule has 0 N–H and O–H groups in total. The molecule has 0 saturated heterocycles. The van der Waals surface area contributed by atoms with Crippen molar-refractivity contribution < 1.29 is 31.1 Å². The van der Waals surface area contributed by atoms with Crippen LogP contribution in [0.5, 0.6) is 0 Å². The summed E-state index contributed by atoms with van der Waals surface area (Å²) in [5.74, 6) is -7.52. The number of rotatable bonds is 2. The molecule has 0 spiro atoms. The third-order valence-corrected chi connectivity index (χ3v) is 1.45. The molecular weight excluding hydrogens is 202 g/mol. The molecule has 0 unspecified atom stereocenters. The molecule has 0 aromatic rings. The maximum absolute atomic E-state index is 12.7. The van der Waals surface area contributed by atoms with Gasteiger partial charge in [0.15, 0.2) is 0 Å². The summed E-state index contributed by atoms with van der Waals surface area (Å²) in [6.07, 6.45) is -7.52. The van der Waals surface area contributed by atoms with E-state index in [1.54, 1.807) is 0 Å². The summed E-state index contributed by atoms with van der Waals surface area (Å²) in [7, 11) is 0. The Hall–Kier alpha value is -0.720. The van der Waals surface area contributed by atoms with Gasteiger partial charge in [0.25, 0.3) is 24.6 Å². The van der Waals surface area contributed by atoms with Crippen molar-refractivity contribution in [2.24, 2.45) is 0 Å². The summed E-state index contributed by atoms with van der Waals surface area (Å²) in [4.78, 5) is 0. The lowest BCUT2D eigenvalue weighted by molar-refractivity contribution is -0.289. The quantitative estimate of drug-likeness (QED) is 0.498. The van der Waals surface area contributed by atoms with Gasteiger partial charge in [-0.3, -0.25) is 4.74 Å². The van der Waals surface area contributed by atoms with E-state index in [1.807, 2.05) is 0 Å². The fraction of sp³-hybridized carbons (Fsp3) is 0.667. The molecule has 1 rings (SSSR count). The molecule has 0 aliphatic carbocycles. The molecule has 0 bridgehead atoms. The van der Waals surface area contributed by atoms with Crippen LogP contribution >= 0.6 is 0 Å². The van der Waals surface area contributed by atoms with Gasteiger partial charge in [0, 0.05) is 0 Å². The molecule has 1 aliphatic rings. The van der Waals surface area contributed by atoms with Gasteiger partial charge in [-0.2, -0.15) is 0 Å². The standard InChI is InChI=1S/C6H4F6O/c7-3(8)5(11)1-2-6(12,13-5)4(9)10/h1-4H/t5-,6-/m0/s1. The average Bonchev–Trinajstić information content (AvgIpc) is 2.30. The second-order valence-electron chi connectivity index (χ2n) is 2.43. The summed E-state index contributed by atoms with van der Waals surface area (Å²) < 4.78 is 75.7. The van der Waals surface area contributed by atoms with Crippen molar-refractivity contribution in [3.8, 4) is 0 Å². The van der Waals surface area contributed by atoms with Crippen LogP contribution in [-0.2, 0) is 4.74 Å². The average molecular weight is 206 g/mol. The van der Waals surface area contributed by atoms with Gasteiger partial charge in [-0.1, -0.05) is 0 Å². The summed E-state index contributed by atoms with van der Waals surface area (Å²) >= 11 is 0. The van der Waals surface area contributed by atoms with Gasteiger partial charge in [0.05, 0.1) is 0 Å². The fourth-order valence-corrected chi connectivity index (χ4v) is 0.770. The Labute approximate surface area is 69.0 Å². The van der Waals surface area contributed by atoms with E-state index in [0.717, 1.165) is 0 Å². The fourth-order valence-electron chi connectivity index (χ4n) is 0.770. The number of ether oxygens (including phenoxy) is 1. The molecule has 13 heavy (non-hydrogen) atoms. The molecule has 1 aliphatic heterocycles. The highest BCUT2D eigenvalue weighted by molar-refractivity contribution is 5.12. The van der Waals surface area contributed by atoms with Gasteiger partial charge in [0.2, 0.25) is 0 Å². The Bertz CT molecular complexity index is 207. The first-order valence-electron chi connectivity index (χ1n) is 3.15. The van der Waals surface area contributed by atoms with Crippen LogP contribution in [0, 0.1) is 0 Å². The van der Waals surface area contributed by atoms with Crippen LogP contribution in [0.15, 0.2) is 12.2 Å². The highest BCUT2D eigenvalue weighted by atomic mass is 19.3. The van der Waals surface area contributed by atoms with Crippen molar-refractivity contribution >= 4 is 0 Å². The van der Waals surface area contributed by atoms with Crippen molar-refractivity contribution in [2.75, 3.05) is 0 Å². The summed E-state index contributed by atoms with van der Waals surface area (Å²) in [6.45, 7) is 0. The molecule has 0 fully saturated rings. The second-order valence-corrected chi connectivity index (χ2v) is 2.43. The van der Waals surface area contributed by atoms with Crippen LogP contribution in [0.25, 0.3) is 0 Å². The van der Waals surface area contributed by atoms with Gasteiger partial charge < -0.3 is 0 Å². The number of alkyl halides is 6. The number of hydrogen-bond donors (Lipinski definition) is 0. The second kappa shape index (κ2) is 2.90. The predicted octanol–water partition coefficient (Wildman–Crippen LogP) is 2.43. The van der Waals surface area contributed by atoms with Crippen molar-refractivity contribution in [1.82, 2.24) is 0 Å². The van der Waals surface area contributed by atoms with Crippen LogP contribution in [0.1, 0.15) is 0 Å². The van der Waals surface area contributed by atoms with Crippen LogP contribution in [0.3, 0.4) is 0 Å². The van der Waals surface area contributed by atoms with E-state index in [0.29, 0.717) is 0 Å². The van der Waals surface area contributed by atoms with Gasteiger partial charge in [-0.25, -0.2) is 26.3 Å². The zero-order chi connectivity index (χ0) is 10.3. The molecule has 0 aromatic carbocycles. The molecule has 0 amide bonds. The van der Waals surface area contributed by atoms with E-state index < -0.39 is 24.6 Å². The Kier molecular flexibility index (Phi) is 2.31. The van der Waals surface area contributed by atoms with E-state index in [4.69, 9.17) is 0 Å². The summed E-state index contributed by atoms with van der Waals surface area (Å²) in [5, 5.41) is 0. The Morgan fingerprint density at radius 3 is 1.31 bits per heavy atom. The van der Waals surface area contributed by atoms with E-state index >= 15 is 0 Å². The largest absolute Gasteiger partial charge is 0.300 e. The number of hydrogen-bond acceptors (Lipinski definition) is 1. The predicted molar refractivity (Wildman–Crippen MR) is 29.9 cm³/mol. The Morgan fingerprint density at radius 1 is 0.846 bits per heavy atom. The lowest BCUT2D eigenvalue weighted by Crippen LogP contribution is -2.40. The normalized spacial score (nSPS) is 39.4. The molecule has 0 saturated carbocycles. The summed E-state index contributed by atoms with van der Waals surface area (Å²) in [5.41, 5.74) is 0. The Morgan fingerprint density at radius 2 is 1.15 bits per heavy atom. The first-order chi connectivity index (χ1) is 5.80. The van der Waals surface area contributed by atoms with Crippen molar-refractivity contribution in [3.05, 3.63) is 12.2 Å². The van der Waals surface area contributed by atoms with Crippen molar-refractivity contribution in [3.63, 3.8) is 0 Å². The minimum Gasteiger partial charge on any atom is -0.292 e. The lowest BCUT2D eigenvalue weighted by Gasteiger charge is -2.23. The zero-order valence-corrected chi connectivity index (χ0v) is 5.99. The van der Waals surface area contributed by atoms with Gasteiger partial charge in [-0.05, 0) is 12.2 Å². The van der Waals surface area contributed by atoms with E-state index in [1.165, 1.54) is 0 Å². The van der Waals surface area contributed by atoms with E-state index in [9.17, 15) is 26.3 Å². The highest BCUT2D eigenvalue weighted by Crippen LogP contribution is 2.40. The van der Waals surface area contributed by atoms with Crippen molar-refractivity contribution in [2.45, 2.75) is 24.6 Å². The molecule has 0 radical (unpaired) electrons. The molecular formula is C6H4F6O. The maximum Gasteiger partial charge on any atom is 0.300 e. The lowest BCUT2D eigenvalue weighted by atomic mass is 10.3. The van der Waals surface area contributed by atoms with Crippen LogP contribution in [0.4, 0.5) is 26.3 Å². The van der Waals surface area contributed by atoms with Crippen LogP contribution in [-0.4, -0.2) is 24.6 Å². The van der Waals surface area contributed by atoms with Gasteiger partial charge in [0.1, 0.15) is 0 Å². The Balaban J connectivity index is 2.81. The van der Waals surface area contributed by atoms with E-state index in [-0.39, 0.29) is 12.2 Å². The van der Waals surface area contributed by atoms with Crippen LogP contribution in [0.2, 0.25) is 0 Å². The highest BCUT2D eigenvalue weighted by Gasteiger charge is 2.56. The molecule has 1 nitrogen and oxygen atoms in total. The molecule has 7 heteroatoms. The number of halogens is 6. The summed E-state index contributed by atoms with van der Waals surface area (Å²) in [6, 6.07) is 0. The molecule has 0 aromatic heterocycles. The first kappa shape index (κ1) is 10.4. The van der Waals surface area contributed by atoms with Crippen LogP contribution < -0.4 is 0 Å². The third kappa shape index (κ3) is 1.65. The topological polar surface area (TPSA) is 9.23 Å². The maximum atomic E-state index is 12.7. The molecule has 1 heterocycles. The molecule has 2 atom stereocenters. The third-order valence-electron chi connectivity index (χ3n) is 1.45. The minimum atomic E-state index is -3.76. The monoisotopic (exact) mass is 206 g/mol. The van der Waals surface area contributed by atoms with Gasteiger partial charge >= 0.3 is 0 Å². The SMILES string of the molecule is FC(F)[C@]1(F)C=C[C@@](F)(C(F)F)O1. The zero-order valence-electron chi connectivity index (χ0n) is 5.99. The smallest absolute Gasteiger partial charge is 0.292 e. The minimum absolute atomic E-state index is 0.0518. The molecule has 76 valence electrons. The first-order valence-corrected chi connectivity index (χ1v) is 3.15. The van der Waals surface area contributed by atoms with E-state index in [2.05, 4.69) is 4.74 Å².